The van der Waals surface area contributed by atoms with Gasteiger partial charge in [0.05, 0.1) is 24.2 Å². The molecular weight excluding hydrogens is 416 g/mol. The molecule has 1 amide bonds. The van der Waals surface area contributed by atoms with Crippen LogP contribution in [0.3, 0.4) is 0 Å². The first-order valence-electron chi connectivity index (χ1n) is 10.3. The first-order chi connectivity index (χ1) is 14.6. The number of carbonyl (C=O) groups is 1. The Morgan fingerprint density at radius 1 is 0.968 bits per heavy atom. The summed E-state index contributed by atoms with van der Waals surface area (Å²) in [7, 11) is -0.605. The van der Waals surface area contributed by atoms with Gasteiger partial charge in [0.15, 0.2) is 11.5 Å². The molecule has 2 rings (SSSR count). The van der Waals surface area contributed by atoms with Crippen LogP contribution in [-0.4, -0.2) is 45.9 Å². The molecule has 2 aromatic rings. The van der Waals surface area contributed by atoms with Gasteiger partial charge in [0.25, 0.3) is 5.91 Å². The van der Waals surface area contributed by atoms with E-state index in [1.807, 2.05) is 45.9 Å². The lowest BCUT2D eigenvalue weighted by molar-refractivity contribution is 0.0925. The number of nitrogens with one attached hydrogen (secondary N) is 1. The maximum atomic E-state index is 12.9. The number of hydrogen-bond donors (Lipinski definition) is 1. The predicted molar refractivity (Wildman–Crippen MR) is 121 cm³/mol. The average molecular weight is 449 g/mol. The van der Waals surface area contributed by atoms with E-state index in [2.05, 4.69) is 5.32 Å². The van der Waals surface area contributed by atoms with Crippen molar-refractivity contribution in [1.82, 2.24) is 9.62 Å². The van der Waals surface area contributed by atoms with Crippen LogP contribution in [0.25, 0.3) is 0 Å². The molecule has 0 saturated heterocycles. The van der Waals surface area contributed by atoms with Crippen molar-refractivity contribution in [3.05, 3.63) is 53.6 Å². The van der Waals surface area contributed by atoms with Gasteiger partial charge in [0, 0.05) is 19.7 Å². The van der Waals surface area contributed by atoms with Crippen LogP contribution in [0.4, 0.5) is 0 Å². The minimum atomic E-state index is -3.54. The number of carbonyl (C=O) groups excluding carboxylic acids is 1. The van der Waals surface area contributed by atoms with Crippen molar-refractivity contribution in [2.75, 3.05) is 27.3 Å². The summed E-state index contributed by atoms with van der Waals surface area (Å²) in [5.41, 5.74) is 1.29. The molecule has 0 heterocycles. The molecular formula is C23H32N2O5S. The fourth-order valence-electron chi connectivity index (χ4n) is 3.11. The first kappa shape index (κ1) is 24.7. The molecule has 0 radical (unpaired) electrons. The standard InChI is InChI=1S/C23H32N2O5S/c1-7-29-20-14-11-18(15-21(20)30-8-2)22(16(3)4)24-23(26)17-9-12-19(13-10-17)31(27,28)25(5)6/h9-16,22H,7-8H2,1-6H3,(H,24,26). The molecule has 0 aliphatic rings. The minimum Gasteiger partial charge on any atom is -0.490 e. The van der Waals surface area contributed by atoms with Crippen molar-refractivity contribution in [1.29, 1.82) is 0 Å². The molecule has 7 nitrogen and oxygen atoms in total. The monoisotopic (exact) mass is 448 g/mol. The van der Waals surface area contributed by atoms with Crippen LogP contribution < -0.4 is 14.8 Å². The van der Waals surface area contributed by atoms with Crippen LogP contribution >= 0.6 is 0 Å². The SMILES string of the molecule is CCOc1ccc(C(NC(=O)c2ccc(S(=O)(=O)N(C)C)cc2)C(C)C)cc1OCC. The number of hydrogen-bond acceptors (Lipinski definition) is 5. The number of sulfonamides is 1. The summed E-state index contributed by atoms with van der Waals surface area (Å²) in [6, 6.07) is 11.3. The second-order valence-corrected chi connectivity index (χ2v) is 9.73. The summed E-state index contributed by atoms with van der Waals surface area (Å²) in [6.07, 6.45) is 0. The molecule has 1 N–H and O–H groups in total. The highest BCUT2D eigenvalue weighted by molar-refractivity contribution is 7.89. The van der Waals surface area contributed by atoms with E-state index >= 15 is 0 Å². The van der Waals surface area contributed by atoms with E-state index in [9.17, 15) is 13.2 Å². The molecule has 31 heavy (non-hydrogen) atoms. The van der Waals surface area contributed by atoms with E-state index in [0.717, 1.165) is 9.87 Å². The third-order valence-electron chi connectivity index (χ3n) is 4.77. The average Bonchev–Trinajstić information content (AvgIpc) is 2.73. The summed E-state index contributed by atoms with van der Waals surface area (Å²) in [5, 5.41) is 3.06. The lowest BCUT2D eigenvalue weighted by Gasteiger charge is -2.24. The maximum Gasteiger partial charge on any atom is 0.251 e. The van der Waals surface area contributed by atoms with Gasteiger partial charge < -0.3 is 14.8 Å². The zero-order valence-corrected chi connectivity index (χ0v) is 19.8. The largest absolute Gasteiger partial charge is 0.490 e. The molecule has 2 aromatic carbocycles. The third kappa shape index (κ3) is 5.98. The highest BCUT2D eigenvalue weighted by atomic mass is 32.2. The molecule has 1 unspecified atom stereocenters. The zero-order chi connectivity index (χ0) is 23.2. The smallest absolute Gasteiger partial charge is 0.251 e. The van der Waals surface area contributed by atoms with E-state index in [4.69, 9.17) is 9.47 Å². The van der Waals surface area contributed by atoms with Crippen molar-refractivity contribution >= 4 is 15.9 Å². The van der Waals surface area contributed by atoms with Gasteiger partial charge in [-0.3, -0.25) is 4.79 Å². The summed E-state index contributed by atoms with van der Waals surface area (Å²) < 4.78 is 36.9. The van der Waals surface area contributed by atoms with E-state index in [1.54, 1.807) is 0 Å². The van der Waals surface area contributed by atoms with Crippen LogP contribution in [0.1, 0.15) is 49.7 Å². The molecule has 0 aliphatic carbocycles. The Morgan fingerprint density at radius 2 is 1.55 bits per heavy atom. The van der Waals surface area contributed by atoms with Crippen molar-refractivity contribution in [3.63, 3.8) is 0 Å². The fourth-order valence-corrected chi connectivity index (χ4v) is 4.01. The molecule has 0 fully saturated rings. The Bertz CT molecular complexity index is 986. The van der Waals surface area contributed by atoms with Gasteiger partial charge in [-0.2, -0.15) is 0 Å². The summed E-state index contributed by atoms with van der Waals surface area (Å²) in [4.78, 5) is 13.0. The molecule has 0 saturated carbocycles. The van der Waals surface area contributed by atoms with Crippen LogP contribution in [0.15, 0.2) is 47.4 Å². The second kappa shape index (κ2) is 10.6. The highest BCUT2D eigenvalue weighted by Crippen LogP contribution is 2.33. The van der Waals surface area contributed by atoms with Crippen molar-refractivity contribution in [2.45, 2.75) is 38.6 Å². The number of amides is 1. The summed E-state index contributed by atoms with van der Waals surface area (Å²) in [6.45, 7) is 8.90. The first-order valence-corrected chi connectivity index (χ1v) is 11.8. The molecule has 8 heteroatoms. The van der Waals surface area contributed by atoms with Crippen LogP contribution in [-0.2, 0) is 10.0 Å². The second-order valence-electron chi connectivity index (χ2n) is 7.58. The number of rotatable bonds is 10. The van der Waals surface area contributed by atoms with Gasteiger partial charge in [-0.25, -0.2) is 12.7 Å². The summed E-state index contributed by atoms with van der Waals surface area (Å²) >= 11 is 0. The number of nitrogens with zero attached hydrogens (tertiary/aromatic N) is 1. The normalized spacial score (nSPS) is 12.6. The topological polar surface area (TPSA) is 84.9 Å². The van der Waals surface area contributed by atoms with Crippen molar-refractivity contribution in [2.24, 2.45) is 5.92 Å². The van der Waals surface area contributed by atoms with Gasteiger partial charge >= 0.3 is 0 Å². The van der Waals surface area contributed by atoms with Gasteiger partial charge in [0.2, 0.25) is 10.0 Å². The van der Waals surface area contributed by atoms with Crippen LogP contribution in [0, 0.1) is 5.92 Å². The molecule has 0 aliphatic heterocycles. The molecule has 170 valence electrons. The third-order valence-corrected chi connectivity index (χ3v) is 6.60. The quantitative estimate of drug-likeness (QED) is 0.597. The molecule has 0 spiro atoms. The lowest BCUT2D eigenvalue weighted by Crippen LogP contribution is -2.31. The summed E-state index contributed by atoms with van der Waals surface area (Å²) in [5.74, 6) is 1.14. The van der Waals surface area contributed by atoms with Crippen molar-refractivity contribution < 1.29 is 22.7 Å². The van der Waals surface area contributed by atoms with E-state index in [0.29, 0.717) is 30.3 Å². The maximum absolute atomic E-state index is 12.9. The molecule has 0 bridgehead atoms. The van der Waals surface area contributed by atoms with Gasteiger partial charge in [0.1, 0.15) is 0 Å². The van der Waals surface area contributed by atoms with Crippen LogP contribution in [0.2, 0.25) is 0 Å². The van der Waals surface area contributed by atoms with E-state index < -0.39 is 10.0 Å². The Morgan fingerprint density at radius 3 is 2.06 bits per heavy atom. The number of ether oxygens (including phenoxy) is 2. The minimum absolute atomic E-state index is 0.116. The molecule has 1 atom stereocenters. The Labute approximate surface area is 185 Å². The van der Waals surface area contributed by atoms with E-state index in [-0.39, 0.29) is 22.8 Å². The van der Waals surface area contributed by atoms with Crippen LogP contribution in [0.5, 0.6) is 11.5 Å². The number of benzene rings is 2. The van der Waals surface area contributed by atoms with Gasteiger partial charge in [-0.05, 0) is 61.7 Å². The Kier molecular flexibility index (Phi) is 8.47. The Balaban J connectivity index is 2.27. The fraction of sp³-hybridized carbons (Fsp3) is 0.435. The highest BCUT2D eigenvalue weighted by Gasteiger charge is 2.22. The lowest BCUT2D eigenvalue weighted by atomic mass is 9.95. The molecule has 0 aromatic heterocycles. The predicted octanol–water partition coefficient (Wildman–Crippen LogP) is 3.86. The van der Waals surface area contributed by atoms with Crippen molar-refractivity contribution in [3.8, 4) is 11.5 Å². The van der Waals surface area contributed by atoms with E-state index in [1.165, 1.54) is 38.4 Å². The zero-order valence-electron chi connectivity index (χ0n) is 19.0. The van der Waals surface area contributed by atoms with Gasteiger partial charge in [-0.1, -0.05) is 19.9 Å². The van der Waals surface area contributed by atoms with Gasteiger partial charge in [-0.15, -0.1) is 0 Å². The Hall–Kier alpha value is -2.58.